The van der Waals surface area contributed by atoms with Gasteiger partial charge < -0.3 is 10.5 Å². The number of hydrogen-bond acceptors (Lipinski definition) is 3. The fraction of sp³-hybridized carbons (Fsp3) is 0. The van der Waals surface area contributed by atoms with Gasteiger partial charge in [0.25, 0.3) is 0 Å². The number of para-hydroxylation sites is 1. The maximum absolute atomic E-state index is 13.2. The second kappa shape index (κ2) is 4.77. The molecule has 2 aromatic carbocycles. The predicted molar refractivity (Wildman–Crippen MR) is 72.6 cm³/mol. The van der Waals surface area contributed by atoms with Gasteiger partial charge in [0.1, 0.15) is 11.5 Å². The summed E-state index contributed by atoms with van der Waals surface area (Å²) in [6.45, 7) is 0. The molecule has 0 bridgehead atoms. The Hall–Kier alpha value is -2.69. The lowest BCUT2D eigenvalue weighted by Crippen LogP contribution is -1.93. The third-order valence-electron chi connectivity index (χ3n) is 2.88. The minimum atomic E-state index is -0.958. The number of anilines is 1. The largest absolute Gasteiger partial charge is 0.456 e. The number of hydrogen-bond donors (Lipinski definition) is 1. The highest BCUT2D eigenvalue weighted by Gasteiger charge is 2.08. The van der Waals surface area contributed by atoms with Crippen LogP contribution in [-0.4, -0.2) is 4.98 Å². The van der Waals surface area contributed by atoms with Crippen molar-refractivity contribution in [1.82, 2.24) is 4.98 Å². The molecule has 0 atom stereocenters. The molecule has 0 saturated carbocycles. The monoisotopic (exact) mass is 272 g/mol. The van der Waals surface area contributed by atoms with Crippen molar-refractivity contribution >= 4 is 16.6 Å². The van der Waals surface area contributed by atoms with E-state index in [0.29, 0.717) is 22.3 Å². The lowest BCUT2D eigenvalue weighted by molar-refractivity contribution is 0.465. The topological polar surface area (TPSA) is 48.1 Å². The van der Waals surface area contributed by atoms with E-state index in [4.69, 9.17) is 10.5 Å². The molecule has 3 aromatic rings. The van der Waals surface area contributed by atoms with Gasteiger partial charge in [-0.2, -0.15) is 0 Å². The van der Waals surface area contributed by atoms with Gasteiger partial charge in [-0.1, -0.05) is 6.07 Å². The fourth-order valence-electron chi connectivity index (χ4n) is 1.93. The first-order valence-electron chi connectivity index (χ1n) is 5.91. The average Bonchev–Trinajstić information content (AvgIpc) is 2.44. The van der Waals surface area contributed by atoms with Crippen molar-refractivity contribution in [3.05, 3.63) is 60.3 Å². The Morgan fingerprint density at radius 3 is 2.65 bits per heavy atom. The van der Waals surface area contributed by atoms with Gasteiger partial charge >= 0.3 is 0 Å². The van der Waals surface area contributed by atoms with Crippen LogP contribution >= 0.6 is 0 Å². The molecule has 5 heteroatoms. The molecule has 0 aliphatic carbocycles. The zero-order valence-corrected chi connectivity index (χ0v) is 10.3. The summed E-state index contributed by atoms with van der Waals surface area (Å²) >= 11 is 0. The van der Waals surface area contributed by atoms with E-state index in [-0.39, 0.29) is 5.75 Å². The number of nitrogens with zero attached hydrogens (tertiary/aromatic N) is 1. The van der Waals surface area contributed by atoms with Gasteiger partial charge in [0.05, 0.1) is 11.2 Å². The standard InChI is InChI=1S/C15H10F2N2O/c16-11-5-4-9(8-12(11)17)20-14-6-7-19-15-10(14)2-1-3-13(15)18/h1-8H,18H2. The Balaban J connectivity index is 2.06. The van der Waals surface area contributed by atoms with E-state index in [1.807, 2.05) is 0 Å². The number of halogens is 2. The molecular weight excluding hydrogens is 262 g/mol. The van der Waals surface area contributed by atoms with Gasteiger partial charge in [0.15, 0.2) is 11.6 Å². The molecule has 0 aliphatic rings. The molecule has 2 N–H and O–H groups in total. The summed E-state index contributed by atoms with van der Waals surface area (Å²) in [4.78, 5) is 4.18. The van der Waals surface area contributed by atoms with E-state index in [2.05, 4.69) is 4.98 Å². The van der Waals surface area contributed by atoms with Crippen LogP contribution in [0.1, 0.15) is 0 Å². The van der Waals surface area contributed by atoms with Crippen molar-refractivity contribution in [3.63, 3.8) is 0 Å². The first-order chi connectivity index (χ1) is 9.65. The van der Waals surface area contributed by atoms with Gasteiger partial charge in [0, 0.05) is 17.6 Å². The number of rotatable bonds is 2. The lowest BCUT2D eigenvalue weighted by Gasteiger charge is -2.09. The van der Waals surface area contributed by atoms with Gasteiger partial charge in [-0.25, -0.2) is 8.78 Å². The van der Waals surface area contributed by atoms with Crippen LogP contribution in [0.2, 0.25) is 0 Å². The summed E-state index contributed by atoms with van der Waals surface area (Å²) in [5.74, 6) is -1.19. The molecule has 0 saturated heterocycles. The molecule has 100 valence electrons. The molecule has 1 heterocycles. The first-order valence-corrected chi connectivity index (χ1v) is 5.91. The minimum absolute atomic E-state index is 0.207. The third-order valence-corrected chi connectivity index (χ3v) is 2.88. The number of fused-ring (bicyclic) bond motifs is 1. The SMILES string of the molecule is Nc1cccc2c(Oc3ccc(F)c(F)c3)ccnc12. The summed E-state index contributed by atoms with van der Waals surface area (Å²) in [5, 5.41) is 0.706. The molecule has 3 rings (SSSR count). The maximum atomic E-state index is 13.2. The molecule has 0 radical (unpaired) electrons. The summed E-state index contributed by atoms with van der Waals surface area (Å²) in [7, 11) is 0. The number of nitrogen functional groups attached to an aromatic ring is 1. The van der Waals surface area contributed by atoms with Crippen molar-refractivity contribution in [2.75, 3.05) is 5.73 Å². The van der Waals surface area contributed by atoms with Crippen LogP contribution in [0.5, 0.6) is 11.5 Å². The summed E-state index contributed by atoms with van der Waals surface area (Å²) in [5.41, 5.74) is 6.97. The Labute approximate surface area is 113 Å². The highest BCUT2D eigenvalue weighted by Crippen LogP contribution is 2.31. The second-order valence-corrected chi connectivity index (χ2v) is 4.23. The van der Waals surface area contributed by atoms with Crippen LogP contribution in [0.4, 0.5) is 14.5 Å². The van der Waals surface area contributed by atoms with Crippen LogP contribution in [0.3, 0.4) is 0 Å². The number of nitrogens with two attached hydrogens (primary N) is 1. The molecule has 0 aliphatic heterocycles. The molecule has 1 aromatic heterocycles. The van der Waals surface area contributed by atoms with Crippen LogP contribution in [0.25, 0.3) is 10.9 Å². The van der Waals surface area contributed by atoms with Gasteiger partial charge in [-0.05, 0) is 30.3 Å². The molecule has 3 nitrogen and oxygen atoms in total. The number of pyridine rings is 1. The highest BCUT2D eigenvalue weighted by atomic mass is 19.2. The maximum Gasteiger partial charge on any atom is 0.162 e. The Morgan fingerprint density at radius 2 is 1.85 bits per heavy atom. The average molecular weight is 272 g/mol. The van der Waals surface area contributed by atoms with Crippen LogP contribution in [0.15, 0.2) is 48.7 Å². The fourth-order valence-corrected chi connectivity index (χ4v) is 1.93. The molecular formula is C15H10F2N2O. The number of benzene rings is 2. The van der Waals surface area contributed by atoms with E-state index >= 15 is 0 Å². The van der Waals surface area contributed by atoms with Gasteiger partial charge in [-0.15, -0.1) is 0 Å². The Morgan fingerprint density at radius 1 is 1.00 bits per heavy atom. The van der Waals surface area contributed by atoms with E-state index in [9.17, 15) is 8.78 Å². The van der Waals surface area contributed by atoms with Crippen LogP contribution in [-0.2, 0) is 0 Å². The van der Waals surface area contributed by atoms with Gasteiger partial charge in [0.2, 0.25) is 0 Å². The van der Waals surface area contributed by atoms with E-state index in [1.165, 1.54) is 6.07 Å². The summed E-state index contributed by atoms with van der Waals surface area (Å²) < 4.78 is 31.6. The minimum Gasteiger partial charge on any atom is -0.456 e. The van der Waals surface area contributed by atoms with E-state index < -0.39 is 11.6 Å². The van der Waals surface area contributed by atoms with Crippen molar-refractivity contribution in [3.8, 4) is 11.5 Å². The summed E-state index contributed by atoms with van der Waals surface area (Å²) in [6, 6.07) is 10.3. The Bertz CT molecular complexity index is 790. The zero-order chi connectivity index (χ0) is 14.1. The second-order valence-electron chi connectivity index (χ2n) is 4.23. The lowest BCUT2D eigenvalue weighted by atomic mass is 10.2. The van der Waals surface area contributed by atoms with Crippen molar-refractivity contribution in [2.24, 2.45) is 0 Å². The van der Waals surface area contributed by atoms with Gasteiger partial charge in [-0.3, -0.25) is 4.98 Å². The normalized spacial score (nSPS) is 10.7. The number of aromatic nitrogens is 1. The smallest absolute Gasteiger partial charge is 0.162 e. The molecule has 0 amide bonds. The third kappa shape index (κ3) is 2.14. The first kappa shape index (κ1) is 12.3. The summed E-state index contributed by atoms with van der Waals surface area (Å²) in [6.07, 6.45) is 1.55. The van der Waals surface area contributed by atoms with Crippen molar-refractivity contribution < 1.29 is 13.5 Å². The molecule has 0 fully saturated rings. The molecule has 0 spiro atoms. The van der Waals surface area contributed by atoms with Crippen LogP contribution in [0, 0.1) is 11.6 Å². The predicted octanol–water partition coefficient (Wildman–Crippen LogP) is 3.89. The zero-order valence-electron chi connectivity index (χ0n) is 10.3. The van der Waals surface area contributed by atoms with Crippen molar-refractivity contribution in [1.29, 1.82) is 0 Å². The number of ether oxygens (including phenoxy) is 1. The van der Waals surface area contributed by atoms with E-state index in [0.717, 1.165) is 12.1 Å². The highest BCUT2D eigenvalue weighted by molar-refractivity contribution is 5.93. The van der Waals surface area contributed by atoms with Crippen LogP contribution < -0.4 is 10.5 Å². The molecule has 0 unspecified atom stereocenters. The van der Waals surface area contributed by atoms with E-state index in [1.54, 1.807) is 30.5 Å². The van der Waals surface area contributed by atoms with Crippen molar-refractivity contribution in [2.45, 2.75) is 0 Å². The molecule has 20 heavy (non-hydrogen) atoms. The quantitative estimate of drug-likeness (QED) is 0.720. The Kier molecular flexibility index (Phi) is 2.95.